The smallest absolute Gasteiger partial charge is 0.255 e. The Hall–Kier alpha value is -2.40. The Morgan fingerprint density at radius 1 is 1.16 bits per heavy atom. The van der Waals surface area contributed by atoms with Crippen molar-refractivity contribution >= 4 is 44.7 Å². The average molecular weight is 492 g/mol. The molecular formula is C22H25N3O4S3. The minimum atomic E-state index is -3.79. The molecule has 0 aliphatic heterocycles. The third kappa shape index (κ3) is 5.50. The summed E-state index contributed by atoms with van der Waals surface area (Å²) in [5.41, 5.74) is 1.83. The zero-order chi connectivity index (χ0) is 23.3. The molecule has 1 amide bonds. The summed E-state index contributed by atoms with van der Waals surface area (Å²) in [5.74, 6) is -0.202. The number of ether oxygens (including phenoxy) is 1. The normalized spacial score (nSPS) is 11.5. The Morgan fingerprint density at radius 2 is 1.84 bits per heavy atom. The van der Waals surface area contributed by atoms with E-state index in [1.165, 1.54) is 23.5 Å². The molecule has 10 heteroatoms. The summed E-state index contributed by atoms with van der Waals surface area (Å²) in [7, 11) is -2.38. The van der Waals surface area contributed by atoms with Crippen LogP contribution in [0.1, 0.15) is 29.9 Å². The van der Waals surface area contributed by atoms with E-state index in [0.717, 1.165) is 14.9 Å². The van der Waals surface area contributed by atoms with E-state index in [1.54, 1.807) is 55.1 Å². The minimum Gasteiger partial charge on any atom is -0.495 e. The predicted molar refractivity (Wildman–Crippen MR) is 128 cm³/mol. The number of methoxy groups -OCH3 is 1. The van der Waals surface area contributed by atoms with Crippen molar-refractivity contribution in [2.45, 2.75) is 34.9 Å². The first kappa shape index (κ1) is 24.2. The van der Waals surface area contributed by atoms with Crippen LogP contribution in [0.3, 0.4) is 0 Å². The van der Waals surface area contributed by atoms with Crippen molar-refractivity contribution in [3.63, 3.8) is 0 Å². The second-order valence-corrected chi connectivity index (χ2v) is 10.9. The van der Waals surface area contributed by atoms with Gasteiger partial charge in [0.25, 0.3) is 5.91 Å². The van der Waals surface area contributed by atoms with Gasteiger partial charge in [0.1, 0.15) is 10.6 Å². The molecule has 0 saturated heterocycles. The van der Waals surface area contributed by atoms with E-state index in [9.17, 15) is 13.2 Å². The van der Waals surface area contributed by atoms with Gasteiger partial charge in [-0.2, -0.15) is 4.31 Å². The standard InChI is InChI=1S/C22H25N3O4S3/c1-5-25(6-2)32(27,28)20-13-16(7-12-19(20)29-4)21(26)24-17-8-10-18(11-9-17)31-22-23-15(3)14-30-22/h7-14H,5-6H2,1-4H3,(H,24,26). The number of carbonyl (C=O) groups excluding carboxylic acids is 1. The molecule has 32 heavy (non-hydrogen) atoms. The van der Waals surface area contributed by atoms with E-state index in [0.29, 0.717) is 18.8 Å². The highest BCUT2D eigenvalue weighted by molar-refractivity contribution is 8.01. The number of carbonyl (C=O) groups is 1. The number of nitrogens with one attached hydrogen (secondary N) is 1. The number of anilines is 1. The molecule has 0 unspecified atom stereocenters. The molecular weight excluding hydrogens is 466 g/mol. The van der Waals surface area contributed by atoms with Gasteiger partial charge in [0.05, 0.1) is 7.11 Å². The quantitative estimate of drug-likeness (QED) is 0.458. The van der Waals surface area contributed by atoms with Crippen LogP contribution in [0.25, 0.3) is 0 Å². The number of amides is 1. The van der Waals surface area contributed by atoms with Gasteiger partial charge in [0.2, 0.25) is 10.0 Å². The summed E-state index contributed by atoms with van der Waals surface area (Å²) in [5, 5.41) is 4.82. The molecule has 0 radical (unpaired) electrons. The summed E-state index contributed by atoms with van der Waals surface area (Å²) in [6.45, 7) is 6.13. The number of sulfonamides is 1. The lowest BCUT2D eigenvalue weighted by Gasteiger charge is -2.20. The Morgan fingerprint density at radius 3 is 2.41 bits per heavy atom. The Kier molecular flexibility index (Phi) is 7.94. The maximum absolute atomic E-state index is 13.0. The first-order valence-corrected chi connectivity index (χ1v) is 13.1. The number of hydrogen-bond acceptors (Lipinski definition) is 7. The van der Waals surface area contributed by atoms with E-state index >= 15 is 0 Å². The fourth-order valence-electron chi connectivity index (χ4n) is 3.01. The third-order valence-electron chi connectivity index (χ3n) is 4.66. The Bertz CT molecular complexity index is 1190. The van der Waals surface area contributed by atoms with Crippen molar-refractivity contribution in [3.05, 3.63) is 59.1 Å². The van der Waals surface area contributed by atoms with Gasteiger partial charge in [-0.15, -0.1) is 11.3 Å². The number of aromatic nitrogens is 1. The largest absolute Gasteiger partial charge is 0.495 e. The highest BCUT2D eigenvalue weighted by atomic mass is 32.2. The topological polar surface area (TPSA) is 88.6 Å². The zero-order valence-electron chi connectivity index (χ0n) is 18.3. The van der Waals surface area contributed by atoms with Crippen molar-refractivity contribution in [1.29, 1.82) is 0 Å². The van der Waals surface area contributed by atoms with Gasteiger partial charge in [-0.05, 0) is 49.4 Å². The van der Waals surface area contributed by atoms with Crippen LogP contribution in [-0.4, -0.2) is 43.8 Å². The number of aryl methyl sites for hydroxylation is 1. The Labute approximate surface area is 196 Å². The molecule has 0 spiro atoms. The molecule has 2 aromatic carbocycles. The van der Waals surface area contributed by atoms with Crippen molar-refractivity contribution in [3.8, 4) is 5.75 Å². The third-order valence-corrected chi connectivity index (χ3v) is 8.80. The van der Waals surface area contributed by atoms with Gasteiger partial charge >= 0.3 is 0 Å². The van der Waals surface area contributed by atoms with E-state index in [1.807, 2.05) is 24.4 Å². The molecule has 0 aliphatic carbocycles. The molecule has 7 nitrogen and oxygen atoms in total. The van der Waals surface area contributed by atoms with Gasteiger partial charge in [-0.3, -0.25) is 4.79 Å². The second kappa shape index (κ2) is 10.5. The highest BCUT2D eigenvalue weighted by Crippen LogP contribution is 2.31. The van der Waals surface area contributed by atoms with Crippen LogP contribution < -0.4 is 10.1 Å². The van der Waals surface area contributed by atoms with Gasteiger partial charge in [-0.1, -0.05) is 25.6 Å². The van der Waals surface area contributed by atoms with Crippen molar-refractivity contribution in [1.82, 2.24) is 9.29 Å². The SMILES string of the molecule is CCN(CC)S(=O)(=O)c1cc(C(=O)Nc2ccc(Sc3nc(C)cs3)cc2)ccc1OC. The fraction of sp³-hybridized carbons (Fsp3) is 0.273. The highest BCUT2D eigenvalue weighted by Gasteiger charge is 2.26. The molecule has 0 fully saturated rings. The average Bonchev–Trinajstić information content (AvgIpc) is 3.19. The van der Waals surface area contributed by atoms with Crippen molar-refractivity contribution in [2.24, 2.45) is 0 Å². The first-order valence-electron chi connectivity index (χ1n) is 9.98. The molecule has 170 valence electrons. The molecule has 1 heterocycles. The summed E-state index contributed by atoms with van der Waals surface area (Å²) >= 11 is 3.14. The molecule has 3 rings (SSSR count). The van der Waals surface area contributed by atoms with Crippen LogP contribution in [0.15, 0.2) is 62.0 Å². The molecule has 1 N–H and O–H groups in total. The van der Waals surface area contributed by atoms with Crippen LogP contribution in [-0.2, 0) is 10.0 Å². The summed E-state index contributed by atoms with van der Waals surface area (Å²) < 4.78 is 33.5. The van der Waals surface area contributed by atoms with Gasteiger partial charge < -0.3 is 10.1 Å². The van der Waals surface area contributed by atoms with E-state index in [4.69, 9.17) is 4.74 Å². The van der Waals surface area contributed by atoms with Crippen molar-refractivity contribution < 1.29 is 17.9 Å². The van der Waals surface area contributed by atoms with Gasteiger partial charge in [-0.25, -0.2) is 13.4 Å². The lowest BCUT2D eigenvalue weighted by Crippen LogP contribution is -2.31. The zero-order valence-corrected chi connectivity index (χ0v) is 20.7. The molecule has 0 saturated carbocycles. The molecule has 0 aliphatic rings. The summed E-state index contributed by atoms with van der Waals surface area (Å²) in [6.07, 6.45) is 0. The lowest BCUT2D eigenvalue weighted by molar-refractivity contribution is 0.102. The predicted octanol–water partition coefficient (Wildman–Crippen LogP) is 4.89. The number of nitrogens with zero attached hydrogens (tertiary/aromatic N) is 2. The lowest BCUT2D eigenvalue weighted by atomic mass is 10.2. The van der Waals surface area contributed by atoms with E-state index in [-0.39, 0.29) is 16.2 Å². The van der Waals surface area contributed by atoms with Crippen LogP contribution >= 0.6 is 23.1 Å². The van der Waals surface area contributed by atoms with E-state index < -0.39 is 15.9 Å². The van der Waals surface area contributed by atoms with Gasteiger partial charge in [0.15, 0.2) is 4.34 Å². The monoisotopic (exact) mass is 491 g/mol. The number of benzene rings is 2. The Balaban J connectivity index is 1.79. The molecule has 0 atom stereocenters. The summed E-state index contributed by atoms with van der Waals surface area (Å²) in [6, 6.07) is 11.8. The molecule has 3 aromatic rings. The molecule has 1 aromatic heterocycles. The van der Waals surface area contributed by atoms with Crippen molar-refractivity contribution in [2.75, 3.05) is 25.5 Å². The second-order valence-electron chi connectivity index (χ2n) is 6.79. The maximum Gasteiger partial charge on any atom is 0.255 e. The number of hydrogen-bond donors (Lipinski definition) is 1. The van der Waals surface area contributed by atoms with Gasteiger partial charge in [0, 0.05) is 40.3 Å². The minimum absolute atomic E-state index is 0.0261. The van der Waals surface area contributed by atoms with Crippen LogP contribution in [0.2, 0.25) is 0 Å². The van der Waals surface area contributed by atoms with E-state index in [2.05, 4.69) is 10.3 Å². The number of thiazole rings is 1. The molecule has 0 bridgehead atoms. The summed E-state index contributed by atoms with van der Waals surface area (Å²) in [4.78, 5) is 18.2. The first-order chi connectivity index (χ1) is 15.3. The maximum atomic E-state index is 13.0. The number of rotatable bonds is 9. The van der Waals surface area contributed by atoms with Crippen LogP contribution in [0.5, 0.6) is 5.75 Å². The fourth-order valence-corrected chi connectivity index (χ4v) is 6.46. The van der Waals surface area contributed by atoms with Crippen LogP contribution in [0.4, 0.5) is 5.69 Å². The van der Waals surface area contributed by atoms with Crippen LogP contribution in [0, 0.1) is 6.92 Å².